The first kappa shape index (κ1) is 9.96. The Morgan fingerprint density at radius 1 is 1.67 bits per heavy atom. The van der Waals surface area contributed by atoms with E-state index in [1.54, 1.807) is 11.3 Å². The van der Waals surface area contributed by atoms with Crippen molar-refractivity contribution in [2.24, 2.45) is 0 Å². The molecule has 0 aliphatic heterocycles. The summed E-state index contributed by atoms with van der Waals surface area (Å²) in [6.45, 7) is 3.38. The second-order valence-electron chi connectivity index (χ2n) is 2.28. The predicted octanol–water partition coefficient (Wildman–Crippen LogP) is 3.60. The van der Waals surface area contributed by atoms with Gasteiger partial charge in [0.1, 0.15) is 0 Å². The maximum absolute atomic E-state index is 5.39. The van der Waals surface area contributed by atoms with Crippen molar-refractivity contribution in [1.82, 2.24) is 0 Å². The van der Waals surface area contributed by atoms with Crippen molar-refractivity contribution in [2.45, 2.75) is 13.5 Å². The maximum Gasteiger partial charge on any atom is 0.0824 e. The summed E-state index contributed by atoms with van der Waals surface area (Å²) < 4.78 is 6.54. The van der Waals surface area contributed by atoms with E-state index in [9.17, 15) is 0 Å². The van der Waals surface area contributed by atoms with Gasteiger partial charge in [-0.05, 0) is 34.3 Å². The molecule has 0 saturated carbocycles. The zero-order valence-corrected chi connectivity index (χ0v) is 9.32. The Balaban J connectivity index is 2.28. The van der Waals surface area contributed by atoms with Crippen molar-refractivity contribution in [1.29, 1.82) is 0 Å². The third-order valence-electron chi connectivity index (χ3n) is 1.37. The molecular weight excluding hydrogens is 236 g/mol. The van der Waals surface area contributed by atoms with Crippen LogP contribution in [-0.4, -0.2) is 6.61 Å². The fourth-order valence-electron chi connectivity index (χ4n) is 0.744. The van der Waals surface area contributed by atoms with E-state index in [1.165, 1.54) is 4.88 Å². The average molecular weight is 247 g/mol. The van der Waals surface area contributed by atoms with Gasteiger partial charge in [0, 0.05) is 9.35 Å². The molecular formula is C9H11BrOS. The largest absolute Gasteiger partial charge is 0.372 e. The summed E-state index contributed by atoms with van der Waals surface area (Å²) in [5.74, 6) is 0. The molecule has 0 aromatic carbocycles. The molecule has 0 amide bonds. The normalized spacial score (nSPS) is 11.2. The molecule has 66 valence electrons. The van der Waals surface area contributed by atoms with Crippen LogP contribution in [-0.2, 0) is 11.3 Å². The second-order valence-corrected chi connectivity index (χ2v) is 4.13. The van der Waals surface area contributed by atoms with Gasteiger partial charge in [-0.3, -0.25) is 0 Å². The van der Waals surface area contributed by atoms with Gasteiger partial charge < -0.3 is 4.74 Å². The molecule has 0 radical (unpaired) electrons. The van der Waals surface area contributed by atoms with Gasteiger partial charge in [0.25, 0.3) is 0 Å². The van der Waals surface area contributed by atoms with E-state index >= 15 is 0 Å². The SMILES string of the molecule is CC=CCOCc1sccc1Br. The molecule has 0 bridgehead atoms. The smallest absolute Gasteiger partial charge is 0.0824 e. The minimum Gasteiger partial charge on any atom is -0.372 e. The number of thiophene rings is 1. The maximum atomic E-state index is 5.39. The number of allylic oxidation sites excluding steroid dienone is 1. The Hall–Kier alpha value is -0.120. The second kappa shape index (κ2) is 5.51. The van der Waals surface area contributed by atoms with Crippen LogP contribution >= 0.6 is 27.3 Å². The van der Waals surface area contributed by atoms with E-state index in [0.29, 0.717) is 13.2 Å². The van der Waals surface area contributed by atoms with Gasteiger partial charge in [0.05, 0.1) is 13.2 Å². The molecule has 0 aliphatic rings. The summed E-state index contributed by atoms with van der Waals surface area (Å²) in [6.07, 6.45) is 3.99. The minimum atomic E-state index is 0.695. The van der Waals surface area contributed by atoms with Crippen molar-refractivity contribution < 1.29 is 4.74 Å². The Morgan fingerprint density at radius 3 is 3.08 bits per heavy atom. The molecule has 1 rings (SSSR count). The highest BCUT2D eigenvalue weighted by Gasteiger charge is 1.99. The minimum absolute atomic E-state index is 0.695. The molecule has 0 fully saturated rings. The fraction of sp³-hybridized carbons (Fsp3) is 0.333. The quantitative estimate of drug-likeness (QED) is 0.583. The van der Waals surface area contributed by atoms with Gasteiger partial charge in [0.15, 0.2) is 0 Å². The first-order valence-corrected chi connectivity index (χ1v) is 5.42. The van der Waals surface area contributed by atoms with Crippen LogP contribution in [0.3, 0.4) is 0 Å². The lowest BCUT2D eigenvalue weighted by molar-refractivity contribution is 0.150. The molecule has 12 heavy (non-hydrogen) atoms. The van der Waals surface area contributed by atoms with Crippen molar-refractivity contribution in [3.8, 4) is 0 Å². The van der Waals surface area contributed by atoms with Crippen molar-refractivity contribution in [3.05, 3.63) is 32.9 Å². The Bertz CT molecular complexity index is 255. The third kappa shape index (κ3) is 3.09. The van der Waals surface area contributed by atoms with Crippen molar-refractivity contribution >= 4 is 27.3 Å². The lowest BCUT2D eigenvalue weighted by atomic mass is 10.5. The van der Waals surface area contributed by atoms with Crippen LogP contribution in [0.1, 0.15) is 11.8 Å². The molecule has 0 atom stereocenters. The van der Waals surface area contributed by atoms with E-state index in [0.717, 1.165) is 4.47 Å². The number of halogens is 1. The molecule has 1 aromatic rings. The average Bonchev–Trinajstić information content (AvgIpc) is 2.46. The molecule has 0 N–H and O–H groups in total. The van der Waals surface area contributed by atoms with E-state index in [-0.39, 0.29) is 0 Å². The zero-order chi connectivity index (χ0) is 8.81. The van der Waals surface area contributed by atoms with E-state index in [1.807, 2.05) is 25.1 Å². The molecule has 1 nitrogen and oxygen atoms in total. The fourth-order valence-corrected chi connectivity index (χ4v) is 2.15. The number of hydrogen-bond donors (Lipinski definition) is 0. The van der Waals surface area contributed by atoms with Crippen LogP contribution < -0.4 is 0 Å². The van der Waals surface area contributed by atoms with Gasteiger partial charge in [-0.2, -0.15) is 0 Å². The zero-order valence-electron chi connectivity index (χ0n) is 6.92. The molecule has 0 unspecified atom stereocenters. The summed E-state index contributed by atoms with van der Waals surface area (Å²) in [7, 11) is 0. The lowest BCUT2D eigenvalue weighted by Gasteiger charge is -1.98. The third-order valence-corrected chi connectivity index (χ3v) is 3.27. The van der Waals surface area contributed by atoms with Gasteiger partial charge >= 0.3 is 0 Å². The van der Waals surface area contributed by atoms with Crippen LogP contribution in [0.25, 0.3) is 0 Å². The van der Waals surface area contributed by atoms with E-state index in [2.05, 4.69) is 21.3 Å². The number of ether oxygens (including phenoxy) is 1. The monoisotopic (exact) mass is 246 g/mol. The number of rotatable bonds is 4. The molecule has 0 saturated heterocycles. The first-order chi connectivity index (χ1) is 5.84. The summed E-state index contributed by atoms with van der Waals surface area (Å²) in [4.78, 5) is 1.25. The standard InChI is InChI=1S/C9H11BrOS/c1-2-3-5-11-7-9-8(10)4-6-12-9/h2-4,6H,5,7H2,1H3. The van der Waals surface area contributed by atoms with Crippen LogP contribution in [0, 0.1) is 0 Å². The topological polar surface area (TPSA) is 9.23 Å². The van der Waals surface area contributed by atoms with Crippen LogP contribution in [0.15, 0.2) is 28.1 Å². The lowest BCUT2D eigenvalue weighted by Crippen LogP contribution is -1.90. The van der Waals surface area contributed by atoms with Gasteiger partial charge in [0.2, 0.25) is 0 Å². The summed E-state index contributed by atoms with van der Waals surface area (Å²) >= 11 is 5.16. The molecule has 0 spiro atoms. The Kier molecular flexibility index (Phi) is 4.58. The Morgan fingerprint density at radius 2 is 2.50 bits per heavy atom. The van der Waals surface area contributed by atoms with Gasteiger partial charge in [-0.1, -0.05) is 12.2 Å². The van der Waals surface area contributed by atoms with Gasteiger partial charge in [-0.25, -0.2) is 0 Å². The highest BCUT2D eigenvalue weighted by atomic mass is 79.9. The van der Waals surface area contributed by atoms with E-state index in [4.69, 9.17) is 4.74 Å². The highest BCUT2D eigenvalue weighted by Crippen LogP contribution is 2.23. The van der Waals surface area contributed by atoms with Crippen LogP contribution in [0.2, 0.25) is 0 Å². The summed E-state index contributed by atoms with van der Waals surface area (Å²) in [5.41, 5.74) is 0. The Labute approximate surface area is 85.2 Å². The molecule has 3 heteroatoms. The first-order valence-electron chi connectivity index (χ1n) is 3.75. The van der Waals surface area contributed by atoms with Crippen molar-refractivity contribution in [2.75, 3.05) is 6.61 Å². The molecule has 1 aromatic heterocycles. The van der Waals surface area contributed by atoms with Gasteiger partial charge in [-0.15, -0.1) is 11.3 Å². The predicted molar refractivity (Wildman–Crippen MR) is 56.5 cm³/mol. The van der Waals surface area contributed by atoms with E-state index < -0.39 is 0 Å². The summed E-state index contributed by atoms with van der Waals surface area (Å²) in [6, 6.07) is 2.04. The van der Waals surface area contributed by atoms with Crippen molar-refractivity contribution in [3.63, 3.8) is 0 Å². The molecule has 0 aliphatic carbocycles. The summed E-state index contributed by atoms with van der Waals surface area (Å²) in [5, 5.41) is 2.05. The van der Waals surface area contributed by atoms with Crippen LogP contribution in [0.4, 0.5) is 0 Å². The van der Waals surface area contributed by atoms with Crippen LogP contribution in [0.5, 0.6) is 0 Å². The highest BCUT2D eigenvalue weighted by molar-refractivity contribution is 9.10. The number of hydrogen-bond acceptors (Lipinski definition) is 2. The molecule has 1 heterocycles.